The summed E-state index contributed by atoms with van der Waals surface area (Å²) in [6.07, 6.45) is -0.467. The van der Waals surface area contributed by atoms with E-state index in [1.807, 2.05) is 38.1 Å². The molecule has 0 saturated carbocycles. The van der Waals surface area contributed by atoms with Crippen LogP contribution in [0.3, 0.4) is 0 Å². The third-order valence-electron chi connectivity index (χ3n) is 3.60. The van der Waals surface area contributed by atoms with Crippen LogP contribution >= 0.6 is 0 Å². The maximum atomic E-state index is 10.9. The van der Waals surface area contributed by atoms with Gasteiger partial charge in [-0.05, 0) is 31.4 Å². The molecule has 0 aliphatic heterocycles. The molecule has 6 nitrogen and oxygen atoms in total. The predicted octanol–water partition coefficient (Wildman–Crippen LogP) is 3.12. The molecular formula is C16H27N3O3. The van der Waals surface area contributed by atoms with Gasteiger partial charge >= 0.3 is 0 Å². The molecule has 0 bridgehead atoms. The molecule has 0 heterocycles. The minimum absolute atomic E-state index is 0.00989. The first-order valence-electron chi connectivity index (χ1n) is 7.60. The normalized spacial score (nSPS) is 14.2. The summed E-state index contributed by atoms with van der Waals surface area (Å²) in [5, 5.41) is 17.4. The van der Waals surface area contributed by atoms with Gasteiger partial charge in [0, 0.05) is 11.0 Å². The molecule has 0 radical (unpaired) electrons. The summed E-state index contributed by atoms with van der Waals surface area (Å²) in [5.41, 5.74) is 0.764. The summed E-state index contributed by atoms with van der Waals surface area (Å²) in [4.78, 5) is 10.6. The highest BCUT2D eigenvalue weighted by atomic mass is 16.6. The zero-order valence-corrected chi connectivity index (χ0v) is 14.1. The van der Waals surface area contributed by atoms with Crippen molar-refractivity contribution in [1.82, 2.24) is 5.32 Å². The van der Waals surface area contributed by atoms with E-state index in [4.69, 9.17) is 4.74 Å². The second-order valence-corrected chi connectivity index (χ2v) is 6.40. The van der Waals surface area contributed by atoms with Gasteiger partial charge in [-0.1, -0.05) is 32.9 Å². The van der Waals surface area contributed by atoms with Gasteiger partial charge in [0.1, 0.15) is 11.9 Å². The number of hydrogen-bond acceptors (Lipinski definition) is 5. The topological polar surface area (TPSA) is 76.4 Å². The molecule has 0 aromatic heterocycles. The first-order valence-corrected chi connectivity index (χ1v) is 7.60. The minimum atomic E-state index is -0.467. The molecule has 2 atom stereocenters. The minimum Gasteiger partial charge on any atom is -0.492 e. The van der Waals surface area contributed by atoms with Crippen molar-refractivity contribution in [3.63, 3.8) is 0 Å². The molecule has 0 spiro atoms. The van der Waals surface area contributed by atoms with E-state index in [9.17, 15) is 10.1 Å². The number of nitro groups is 1. The van der Waals surface area contributed by atoms with Gasteiger partial charge in [0.2, 0.25) is 6.54 Å². The number of benzene rings is 1. The van der Waals surface area contributed by atoms with Crippen LogP contribution in [0, 0.1) is 15.5 Å². The van der Waals surface area contributed by atoms with Crippen molar-refractivity contribution in [3.05, 3.63) is 34.4 Å². The van der Waals surface area contributed by atoms with Crippen LogP contribution in [0.5, 0.6) is 5.75 Å². The van der Waals surface area contributed by atoms with E-state index in [1.165, 1.54) is 0 Å². The standard InChI is InChI=1S/C16H27N3O3/c1-6-22-14-10-8-7-9-13(14)18-15(11-19(20)21)17-12(2)16(3,4)5/h7-10,12,15,17-18H,6,11H2,1-5H3. The Balaban J connectivity index is 2.87. The number of nitrogens with zero attached hydrogens (tertiary/aromatic N) is 1. The van der Waals surface area contributed by atoms with Crippen molar-refractivity contribution in [2.45, 2.75) is 46.8 Å². The van der Waals surface area contributed by atoms with Crippen LogP contribution in [0.1, 0.15) is 34.6 Å². The Morgan fingerprint density at radius 3 is 2.50 bits per heavy atom. The molecule has 124 valence electrons. The summed E-state index contributed by atoms with van der Waals surface area (Å²) < 4.78 is 5.55. The fourth-order valence-electron chi connectivity index (χ4n) is 1.90. The van der Waals surface area contributed by atoms with Crippen LogP contribution in [0.15, 0.2) is 24.3 Å². The Morgan fingerprint density at radius 2 is 1.95 bits per heavy atom. The molecule has 0 saturated heterocycles. The highest BCUT2D eigenvalue weighted by Gasteiger charge is 2.25. The second-order valence-electron chi connectivity index (χ2n) is 6.40. The van der Waals surface area contributed by atoms with Crippen molar-refractivity contribution in [1.29, 1.82) is 0 Å². The molecule has 1 aromatic rings. The molecule has 6 heteroatoms. The first-order chi connectivity index (χ1) is 10.2. The largest absolute Gasteiger partial charge is 0.492 e. The van der Waals surface area contributed by atoms with Crippen LogP contribution in [0.4, 0.5) is 5.69 Å². The molecule has 0 aliphatic rings. The average Bonchev–Trinajstić information content (AvgIpc) is 2.39. The van der Waals surface area contributed by atoms with Gasteiger partial charge < -0.3 is 10.1 Å². The van der Waals surface area contributed by atoms with Crippen LogP contribution in [-0.4, -0.2) is 30.3 Å². The number of rotatable bonds is 8. The number of para-hydroxylation sites is 2. The highest BCUT2D eigenvalue weighted by molar-refractivity contribution is 5.56. The predicted molar refractivity (Wildman–Crippen MR) is 88.9 cm³/mol. The van der Waals surface area contributed by atoms with Gasteiger partial charge in [-0.2, -0.15) is 0 Å². The van der Waals surface area contributed by atoms with E-state index in [1.54, 1.807) is 0 Å². The second kappa shape index (κ2) is 7.98. The van der Waals surface area contributed by atoms with Gasteiger partial charge in [-0.3, -0.25) is 15.4 Å². The summed E-state index contributed by atoms with van der Waals surface area (Å²) in [6.45, 7) is 10.6. The Morgan fingerprint density at radius 1 is 1.32 bits per heavy atom. The van der Waals surface area contributed by atoms with Gasteiger partial charge in [0.25, 0.3) is 0 Å². The monoisotopic (exact) mass is 309 g/mol. The lowest BCUT2D eigenvalue weighted by Crippen LogP contribution is -2.50. The number of anilines is 1. The van der Waals surface area contributed by atoms with E-state index in [0.29, 0.717) is 12.4 Å². The fraction of sp³-hybridized carbons (Fsp3) is 0.625. The zero-order valence-electron chi connectivity index (χ0n) is 14.1. The Labute approximate surface area is 132 Å². The summed E-state index contributed by atoms with van der Waals surface area (Å²) in [6, 6.07) is 7.58. The Hall–Kier alpha value is -1.82. The van der Waals surface area contributed by atoms with Crippen molar-refractivity contribution >= 4 is 5.69 Å². The van der Waals surface area contributed by atoms with Crippen molar-refractivity contribution in [2.24, 2.45) is 5.41 Å². The molecule has 2 unspecified atom stereocenters. The van der Waals surface area contributed by atoms with Gasteiger partial charge in [0.15, 0.2) is 0 Å². The summed E-state index contributed by atoms with van der Waals surface area (Å²) in [7, 11) is 0. The molecule has 0 fully saturated rings. The third kappa shape index (κ3) is 5.89. The van der Waals surface area contributed by atoms with Crippen LogP contribution in [-0.2, 0) is 0 Å². The highest BCUT2D eigenvalue weighted by Crippen LogP contribution is 2.25. The van der Waals surface area contributed by atoms with E-state index in [-0.39, 0.29) is 22.9 Å². The summed E-state index contributed by atoms with van der Waals surface area (Å²) in [5.74, 6) is 0.698. The van der Waals surface area contributed by atoms with Crippen molar-refractivity contribution < 1.29 is 9.66 Å². The fourth-order valence-corrected chi connectivity index (χ4v) is 1.90. The van der Waals surface area contributed by atoms with Crippen molar-refractivity contribution in [3.8, 4) is 5.75 Å². The lowest BCUT2D eigenvalue weighted by molar-refractivity contribution is -0.482. The quantitative estimate of drug-likeness (QED) is 0.438. The SMILES string of the molecule is CCOc1ccccc1NC(C[N+](=O)[O-])NC(C)C(C)(C)C. The molecule has 1 aromatic carbocycles. The zero-order chi connectivity index (χ0) is 16.8. The van der Waals surface area contributed by atoms with E-state index >= 15 is 0 Å². The van der Waals surface area contributed by atoms with E-state index in [0.717, 1.165) is 5.69 Å². The van der Waals surface area contributed by atoms with Crippen LogP contribution in [0.2, 0.25) is 0 Å². The number of ether oxygens (including phenoxy) is 1. The van der Waals surface area contributed by atoms with Crippen LogP contribution in [0.25, 0.3) is 0 Å². The lowest BCUT2D eigenvalue weighted by Gasteiger charge is -2.32. The maximum absolute atomic E-state index is 10.9. The number of hydrogen-bond donors (Lipinski definition) is 2. The molecule has 22 heavy (non-hydrogen) atoms. The van der Waals surface area contributed by atoms with Gasteiger partial charge in [0.05, 0.1) is 12.3 Å². The van der Waals surface area contributed by atoms with E-state index < -0.39 is 6.17 Å². The molecule has 1 rings (SSSR count). The van der Waals surface area contributed by atoms with Crippen molar-refractivity contribution in [2.75, 3.05) is 18.5 Å². The maximum Gasteiger partial charge on any atom is 0.236 e. The van der Waals surface area contributed by atoms with Gasteiger partial charge in [-0.15, -0.1) is 0 Å². The van der Waals surface area contributed by atoms with Crippen LogP contribution < -0.4 is 15.4 Å². The first kappa shape index (κ1) is 18.2. The summed E-state index contributed by atoms with van der Waals surface area (Å²) >= 11 is 0. The smallest absolute Gasteiger partial charge is 0.236 e. The number of nitrogens with one attached hydrogen (secondary N) is 2. The molecule has 0 amide bonds. The molecule has 2 N–H and O–H groups in total. The van der Waals surface area contributed by atoms with E-state index in [2.05, 4.69) is 31.4 Å². The Kier molecular flexibility index (Phi) is 6.61. The average molecular weight is 309 g/mol. The third-order valence-corrected chi connectivity index (χ3v) is 3.60. The molecular weight excluding hydrogens is 282 g/mol. The lowest BCUT2D eigenvalue weighted by atomic mass is 9.88. The molecule has 0 aliphatic carbocycles. The Bertz CT molecular complexity index is 486. The van der Waals surface area contributed by atoms with Gasteiger partial charge in [-0.25, -0.2) is 0 Å².